The normalized spacial score (nSPS) is 25.1. The SMILES string of the molecule is COc1ccc(-c2coc3cc(O[C@H]4O[C@@H](CO)[C@@H](O)[C@@H](O)[C@H]4O)c(OC)cc3c2=O)cc1. The zero-order valence-corrected chi connectivity index (χ0v) is 17.9. The molecule has 1 aromatic heterocycles. The maximum Gasteiger partial charge on any atom is 0.229 e. The molecule has 0 saturated carbocycles. The van der Waals surface area contributed by atoms with Crippen molar-refractivity contribution in [3.05, 3.63) is 52.9 Å². The van der Waals surface area contributed by atoms with Gasteiger partial charge in [-0.05, 0) is 23.8 Å². The Bertz CT molecular complexity index is 1170. The second-order valence-electron chi connectivity index (χ2n) is 7.52. The van der Waals surface area contributed by atoms with Gasteiger partial charge in [0, 0.05) is 6.07 Å². The zero-order chi connectivity index (χ0) is 23.7. The van der Waals surface area contributed by atoms with Crippen LogP contribution in [0.15, 0.2) is 51.9 Å². The summed E-state index contributed by atoms with van der Waals surface area (Å²) >= 11 is 0. The summed E-state index contributed by atoms with van der Waals surface area (Å²) < 4.78 is 27.2. The number of aliphatic hydroxyl groups is 4. The predicted molar refractivity (Wildman–Crippen MR) is 115 cm³/mol. The van der Waals surface area contributed by atoms with Gasteiger partial charge in [-0.3, -0.25) is 4.79 Å². The van der Waals surface area contributed by atoms with Crippen molar-refractivity contribution < 1.29 is 43.8 Å². The fourth-order valence-corrected chi connectivity index (χ4v) is 3.65. The van der Waals surface area contributed by atoms with Crippen LogP contribution in [0.4, 0.5) is 0 Å². The molecule has 10 nitrogen and oxygen atoms in total. The highest BCUT2D eigenvalue weighted by Gasteiger charge is 2.45. The van der Waals surface area contributed by atoms with Crippen LogP contribution >= 0.6 is 0 Å². The lowest BCUT2D eigenvalue weighted by atomic mass is 9.99. The second-order valence-corrected chi connectivity index (χ2v) is 7.52. The summed E-state index contributed by atoms with van der Waals surface area (Å²) in [7, 11) is 2.92. The van der Waals surface area contributed by atoms with Crippen molar-refractivity contribution in [2.24, 2.45) is 0 Å². The molecule has 176 valence electrons. The molecule has 2 heterocycles. The molecule has 0 aliphatic carbocycles. The standard InChI is InChI=1S/C23H24O10/c1-29-12-5-3-11(4-6-12)14-10-31-15-8-17(16(30-2)7-13(15)19(14)25)32-23-22(28)21(27)20(26)18(9-24)33-23/h3-8,10,18,20-24,26-28H,9H2,1-2H3/t18-,20+,21+,22+,23-/m0/s1. The number of hydrogen-bond acceptors (Lipinski definition) is 10. The first-order chi connectivity index (χ1) is 15.9. The van der Waals surface area contributed by atoms with Crippen LogP contribution < -0.4 is 19.6 Å². The molecule has 10 heteroatoms. The van der Waals surface area contributed by atoms with E-state index in [-0.39, 0.29) is 27.9 Å². The van der Waals surface area contributed by atoms with Crippen LogP contribution in [0.5, 0.6) is 17.2 Å². The van der Waals surface area contributed by atoms with Crippen molar-refractivity contribution in [2.45, 2.75) is 30.7 Å². The molecule has 1 fully saturated rings. The number of aliphatic hydroxyl groups excluding tert-OH is 4. The van der Waals surface area contributed by atoms with Gasteiger partial charge in [-0.15, -0.1) is 0 Å². The molecule has 0 radical (unpaired) electrons. The minimum atomic E-state index is -1.60. The van der Waals surface area contributed by atoms with E-state index in [1.807, 2.05) is 0 Å². The predicted octanol–water partition coefficient (Wildman–Crippen LogP) is 0.656. The third-order valence-corrected chi connectivity index (χ3v) is 5.55. The topological polar surface area (TPSA) is 148 Å². The van der Waals surface area contributed by atoms with E-state index in [0.29, 0.717) is 16.9 Å². The molecule has 33 heavy (non-hydrogen) atoms. The summed E-state index contributed by atoms with van der Waals surface area (Å²) in [5, 5.41) is 39.7. The summed E-state index contributed by atoms with van der Waals surface area (Å²) in [6.07, 6.45) is -5.94. The summed E-state index contributed by atoms with van der Waals surface area (Å²) in [5.74, 6) is 0.869. The molecule has 1 aliphatic heterocycles. The van der Waals surface area contributed by atoms with Crippen LogP contribution in [0.3, 0.4) is 0 Å². The molecule has 0 amide bonds. The van der Waals surface area contributed by atoms with Crippen molar-refractivity contribution in [1.82, 2.24) is 0 Å². The molecule has 2 aromatic carbocycles. The van der Waals surface area contributed by atoms with Gasteiger partial charge in [-0.25, -0.2) is 0 Å². The summed E-state index contributed by atoms with van der Waals surface area (Å²) in [6.45, 7) is -0.595. The van der Waals surface area contributed by atoms with E-state index in [1.54, 1.807) is 31.4 Å². The number of ether oxygens (including phenoxy) is 4. The molecular weight excluding hydrogens is 436 g/mol. The Balaban J connectivity index is 1.70. The van der Waals surface area contributed by atoms with Gasteiger partial charge in [0.25, 0.3) is 0 Å². The van der Waals surface area contributed by atoms with E-state index >= 15 is 0 Å². The third kappa shape index (κ3) is 4.26. The zero-order valence-electron chi connectivity index (χ0n) is 17.9. The lowest BCUT2D eigenvalue weighted by Crippen LogP contribution is -2.60. The van der Waals surface area contributed by atoms with Gasteiger partial charge in [0.1, 0.15) is 42.0 Å². The Morgan fingerprint density at radius 2 is 1.67 bits per heavy atom. The van der Waals surface area contributed by atoms with Crippen LogP contribution in [0.1, 0.15) is 0 Å². The van der Waals surface area contributed by atoms with E-state index in [2.05, 4.69) is 0 Å². The Morgan fingerprint density at radius 3 is 2.30 bits per heavy atom. The molecule has 1 aliphatic rings. The summed E-state index contributed by atoms with van der Waals surface area (Å²) in [5.41, 5.74) is 0.888. The van der Waals surface area contributed by atoms with E-state index in [1.165, 1.54) is 25.5 Å². The molecule has 1 saturated heterocycles. The van der Waals surface area contributed by atoms with Gasteiger partial charge in [-0.1, -0.05) is 12.1 Å². The Morgan fingerprint density at radius 1 is 0.939 bits per heavy atom. The van der Waals surface area contributed by atoms with Gasteiger partial charge in [0.2, 0.25) is 11.7 Å². The van der Waals surface area contributed by atoms with Crippen LogP contribution in [-0.2, 0) is 4.74 Å². The molecule has 0 bridgehead atoms. The van der Waals surface area contributed by atoms with Crippen molar-refractivity contribution in [3.63, 3.8) is 0 Å². The number of rotatable bonds is 6. The van der Waals surface area contributed by atoms with E-state index in [0.717, 1.165) is 0 Å². The van der Waals surface area contributed by atoms with Crippen LogP contribution in [0.25, 0.3) is 22.1 Å². The third-order valence-electron chi connectivity index (χ3n) is 5.55. The lowest BCUT2D eigenvalue weighted by molar-refractivity contribution is -0.277. The number of methoxy groups -OCH3 is 2. The Kier molecular flexibility index (Phi) is 6.54. The average Bonchev–Trinajstić information content (AvgIpc) is 2.84. The van der Waals surface area contributed by atoms with Crippen molar-refractivity contribution >= 4 is 11.0 Å². The van der Waals surface area contributed by atoms with Crippen molar-refractivity contribution in [2.75, 3.05) is 20.8 Å². The fraction of sp³-hybridized carbons (Fsp3) is 0.348. The average molecular weight is 460 g/mol. The smallest absolute Gasteiger partial charge is 0.229 e. The van der Waals surface area contributed by atoms with Gasteiger partial charge in [0.15, 0.2) is 11.5 Å². The van der Waals surface area contributed by atoms with Gasteiger partial charge >= 0.3 is 0 Å². The molecule has 4 N–H and O–H groups in total. The molecule has 4 rings (SSSR count). The highest BCUT2D eigenvalue weighted by atomic mass is 16.7. The monoisotopic (exact) mass is 460 g/mol. The number of fused-ring (bicyclic) bond motifs is 1. The van der Waals surface area contributed by atoms with Gasteiger partial charge in [0.05, 0.1) is 31.8 Å². The Labute approximate surface area is 188 Å². The molecule has 0 unspecified atom stereocenters. The van der Waals surface area contributed by atoms with Gasteiger partial charge in [-0.2, -0.15) is 0 Å². The fourth-order valence-electron chi connectivity index (χ4n) is 3.65. The highest BCUT2D eigenvalue weighted by Crippen LogP contribution is 2.35. The lowest BCUT2D eigenvalue weighted by Gasteiger charge is -2.39. The maximum absolute atomic E-state index is 13.1. The van der Waals surface area contributed by atoms with Crippen LogP contribution in [0.2, 0.25) is 0 Å². The first-order valence-electron chi connectivity index (χ1n) is 10.1. The minimum Gasteiger partial charge on any atom is -0.497 e. The van der Waals surface area contributed by atoms with Crippen molar-refractivity contribution in [1.29, 1.82) is 0 Å². The van der Waals surface area contributed by atoms with Crippen molar-refractivity contribution in [3.8, 4) is 28.4 Å². The first kappa shape index (κ1) is 23.0. The van der Waals surface area contributed by atoms with Crippen LogP contribution in [0, 0.1) is 0 Å². The molecule has 5 atom stereocenters. The minimum absolute atomic E-state index is 0.0645. The summed E-state index contributed by atoms with van der Waals surface area (Å²) in [4.78, 5) is 13.1. The number of benzene rings is 2. The summed E-state index contributed by atoms with van der Waals surface area (Å²) in [6, 6.07) is 9.78. The Hall–Kier alpha value is -3.15. The van der Waals surface area contributed by atoms with E-state index in [9.17, 15) is 25.2 Å². The first-order valence-corrected chi connectivity index (χ1v) is 10.1. The van der Waals surface area contributed by atoms with E-state index in [4.69, 9.17) is 23.4 Å². The second kappa shape index (κ2) is 9.38. The van der Waals surface area contributed by atoms with Crippen LogP contribution in [-0.4, -0.2) is 72.0 Å². The van der Waals surface area contributed by atoms with Gasteiger partial charge < -0.3 is 43.8 Å². The molecule has 0 spiro atoms. The largest absolute Gasteiger partial charge is 0.497 e. The quantitative estimate of drug-likeness (QED) is 0.413. The molecular formula is C23H24O10. The highest BCUT2D eigenvalue weighted by molar-refractivity contribution is 5.84. The van der Waals surface area contributed by atoms with E-state index < -0.39 is 37.3 Å². The maximum atomic E-state index is 13.1. The number of hydrogen-bond donors (Lipinski definition) is 4. The molecule has 3 aromatic rings.